The Morgan fingerprint density at radius 2 is 1.56 bits per heavy atom. The lowest BCUT2D eigenvalue weighted by Crippen LogP contribution is -2.24. The van der Waals surface area contributed by atoms with Gasteiger partial charge in [0.15, 0.2) is 0 Å². The first kappa shape index (κ1) is 23.6. The molecule has 0 aliphatic rings. The molecule has 0 aromatic heterocycles. The van der Waals surface area contributed by atoms with E-state index in [1.54, 1.807) is 36.4 Å². The van der Waals surface area contributed by atoms with Crippen LogP contribution in [0.2, 0.25) is 5.02 Å². The Labute approximate surface area is 191 Å². The molecule has 0 radical (unpaired) electrons. The van der Waals surface area contributed by atoms with Gasteiger partial charge in [0.05, 0.1) is 27.4 Å². The zero-order valence-electron chi connectivity index (χ0n) is 17.1. The van der Waals surface area contributed by atoms with Crippen LogP contribution in [0.15, 0.2) is 77.7 Å². The van der Waals surface area contributed by atoms with Crippen LogP contribution in [-0.2, 0) is 20.0 Å². The van der Waals surface area contributed by atoms with Gasteiger partial charge in [0.2, 0.25) is 10.0 Å². The van der Waals surface area contributed by atoms with E-state index in [2.05, 4.69) is 10.0 Å². The number of hydrogen-bond donors (Lipinski definition) is 2. The minimum atomic E-state index is -3.84. The smallest absolute Gasteiger partial charge is 0.261 e. The van der Waals surface area contributed by atoms with E-state index in [4.69, 9.17) is 11.6 Å². The van der Waals surface area contributed by atoms with Gasteiger partial charge in [-0.1, -0.05) is 35.9 Å². The molecule has 0 aliphatic heterocycles. The van der Waals surface area contributed by atoms with Crippen LogP contribution >= 0.6 is 11.6 Å². The summed E-state index contributed by atoms with van der Waals surface area (Å²) in [6, 6.07) is 18.3. The number of rotatable bonds is 7. The molecular formula is C21H20ClN3O5S2. The molecule has 3 rings (SSSR count). The van der Waals surface area contributed by atoms with Crippen LogP contribution in [0.25, 0.3) is 0 Å². The molecular weight excluding hydrogens is 474 g/mol. The highest BCUT2D eigenvalue weighted by Crippen LogP contribution is 2.25. The van der Waals surface area contributed by atoms with Crippen molar-refractivity contribution in [2.24, 2.45) is 0 Å². The van der Waals surface area contributed by atoms with Gasteiger partial charge < -0.3 is 5.32 Å². The summed E-state index contributed by atoms with van der Waals surface area (Å²) in [5.41, 5.74) is 0.908. The Bertz CT molecular complexity index is 1360. The summed E-state index contributed by atoms with van der Waals surface area (Å²) in [6.45, 7) is 0. The average molecular weight is 494 g/mol. The molecule has 0 unspecified atom stereocenters. The van der Waals surface area contributed by atoms with Crippen molar-refractivity contribution in [3.05, 3.63) is 83.4 Å². The fourth-order valence-electron chi connectivity index (χ4n) is 2.75. The number of anilines is 3. The number of sulfonamides is 2. The summed E-state index contributed by atoms with van der Waals surface area (Å²) in [6.07, 6.45) is 1.07. The topological polar surface area (TPSA) is 113 Å². The van der Waals surface area contributed by atoms with E-state index in [-0.39, 0.29) is 21.2 Å². The quantitative estimate of drug-likeness (QED) is 0.520. The van der Waals surface area contributed by atoms with E-state index in [1.165, 1.54) is 43.4 Å². The van der Waals surface area contributed by atoms with E-state index >= 15 is 0 Å². The Morgan fingerprint density at radius 3 is 2.22 bits per heavy atom. The van der Waals surface area contributed by atoms with Crippen LogP contribution in [-0.4, -0.2) is 36.0 Å². The normalized spacial score (nSPS) is 11.6. The number of amides is 1. The standard InChI is InChI=1S/C21H20ClN3O5S2/c1-25(31(2,27)28)17-8-6-7-15(13-17)23-21(26)19-14-16(11-12-20(19)22)24-32(29,30)18-9-4-3-5-10-18/h3-14,24H,1-2H3,(H,23,26). The number of hydrogen-bond acceptors (Lipinski definition) is 5. The summed E-state index contributed by atoms with van der Waals surface area (Å²) in [7, 11) is -5.92. The minimum Gasteiger partial charge on any atom is -0.322 e. The molecule has 32 heavy (non-hydrogen) atoms. The lowest BCUT2D eigenvalue weighted by Gasteiger charge is -2.17. The highest BCUT2D eigenvalue weighted by Gasteiger charge is 2.18. The maximum absolute atomic E-state index is 12.8. The molecule has 0 spiro atoms. The Balaban J connectivity index is 1.84. The number of nitrogens with one attached hydrogen (secondary N) is 2. The third-order valence-corrected chi connectivity index (χ3v) is 7.41. The van der Waals surface area contributed by atoms with Crippen molar-refractivity contribution >= 4 is 54.6 Å². The van der Waals surface area contributed by atoms with E-state index in [0.717, 1.165) is 10.6 Å². The summed E-state index contributed by atoms with van der Waals surface area (Å²) >= 11 is 6.16. The van der Waals surface area contributed by atoms with Gasteiger partial charge >= 0.3 is 0 Å². The third kappa shape index (κ3) is 5.58. The molecule has 0 atom stereocenters. The van der Waals surface area contributed by atoms with E-state index in [9.17, 15) is 21.6 Å². The van der Waals surface area contributed by atoms with Gasteiger partial charge in [0.25, 0.3) is 15.9 Å². The lowest BCUT2D eigenvalue weighted by atomic mass is 10.2. The highest BCUT2D eigenvalue weighted by molar-refractivity contribution is 7.92. The van der Waals surface area contributed by atoms with Crippen molar-refractivity contribution in [1.82, 2.24) is 0 Å². The molecule has 8 nitrogen and oxygen atoms in total. The van der Waals surface area contributed by atoms with Gasteiger partial charge in [0, 0.05) is 18.4 Å². The summed E-state index contributed by atoms with van der Waals surface area (Å²) < 4.78 is 52.1. The molecule has 0 fully saturated rings. The molecule has 1 amide bonds. The monoisotopic (exact) mass is 493 g/mol. The van der Waals surface area contributed by atoms with Gasteiger partial charge in [-0.3, -0.25) is 13.8 Å². The number of carbonyl (C=O) groups is 1. The van der Waals surface area contributed by atoms with Crippen molar-refractivity contribution in [3.63, 3.8) is 0 Å². The molecule has 0 aliphatic carbocycles. The molecule has 0 heterocycles. The number of benzene rings is 3. The van der Waals surface area contributed by atoms with Crippen LogP contribution in [0.3, 0.4) is 0 Å². The first-order valence-electron chi connectivity index (χ1n) is 9.20. The predicted octanol–water partition coefficient (Wildman–Crippen LogP) is 3.79. The van der Waals surface area contributed by atoms with Crippen LogP contribution < -0.4 is 14.3 Å². The van der Waals surface area contributed by atoms with Crippen molar-refractivity contribution in [1.29, 1.82) is 0 Å². The molecule has 3 aromatic carbocycles. The second-order valence-corrected chi connectivity index (χ2v) is 11.0. The largest absolute Gasteiger partial charge is 0.322 e. The Hall–Kier alpha value is -3.08. The van der Waals surface area contributed by atoms with E-state index in [0.29, 0.717) is 11.4 Å². The zero-order valence-corrected chi connectivity index (χ0v) is 19.5. The first-order valence-corrected chi connectivity index (χ1v) is 12.9. The molecule has 0 saturated carbocycles. The van der Waals surface area contributed by atoms with Crippen LogP contribution in [0.5, 0.6) is 0 Å². The molecule has 0 bridgehead atoms. The summed E-state index contributed by atoms with van der Waals surface area (Å²) in [4.78, 5) is 12.9. The molecule has 168 valence electrons. The fourth-order valence-corrected chi connectivity index (χ4v) is 4.52. The number of carbonyl (C=O) groups excluding carboxylic acids is 1. The van der Waals surface area contributed by atoms with Crippen molar-refractivity contribution in [2.75, 3.05) is 27.6 Å². The van der Waals surface area contributed by atoms with Gasteiger partial charge in [0.1, 0.15) is 0 Å². The van der Waals surface area contributed by atoms with Crippen molar-refractivity contribution in [2.45, 2.75) is 4.90 Å². The van der Waals surface area contributed by atoms with Crippen LogP contribution in [0.1, 0.15) is 10.4 Å². The van der Waals surface area contributed by atoms with Gasteiger partial charge in [-0.15, -0.1) is 0 Å². The maximum atomic E-state index is 12.8. The first-order chi connectivity index (χ1) is 15.0. The fraction of sp³-hybridized carbons (Fsp3) is 0.0952. The minimum absolute atomic E-state index is 0.0433. The molecule has 2 N–H and O–H groups in total. The second kappa shape index (κ2) is 9.19. The van der Waals surface area contributed by atoms with E-state index in [1.807, 2.05) is 0 Å². The van der Waals surface area contributed by atoms with Gasteiger partial charge in [-0.25, -0.2) is 16.8 Å². The second-order valence-electron chi connectivity index (χ2n) is 6.85. The van der Waals surface area contributed by atoms with Crippen LogP contribution in [0, 0.1) is 0 Å². The van der Waals surface area contributed by atoms with E-state index < -0.39 is 26.0 Å². The summed E-state index contributed by atoms with van der Waals surface area (Å²) in [5.74, 6) is -0.588. The average Bonchev–Trinajstić information content (AvgIpc) is 2.74. The van der Waals surface area contributed by atoms with Gasteiger partial charge in [-0.2, -0.15) is 0 Å². The van der Waals surface area contributed by atoms with Crippen LogP contribution in [0.4, 0.5) is 17.1 Å². The predicted molar refractivity (Wildman–Crippen MR) is 126 cm³/mol. The van der Waals surface area contributed by atoms with Crippen molar-refractivity contribution in [3.8, 4) is 0 Å². The maximum Gasteiger partial charge on any atom is 0.261 e. The lowest BCUT2D eigenvalue weighted by molar-refractivity contribution is 0.102. The Kier molecular flexibility index (Phi) is 6.77. The third-order valence-electron chi connectivity index (χ3n) is 4.48. The number of nitrogens with zero attached hydrogens (tertiary/aromatic N) is 1. The SMILES string of the molecule is CN(c1cccc(NC(=O)c2cc(NS(=O)(=O)c3ccccc3)ccc2Cl)c1)S(C)(=O)=O. The Morgan fingerprint density at radius 1 is 0.875 bits per heavy atom. The number of halogens is 1. The zero-order chi connectivity index (χ0) is 23.5. The van der Waals surface area contributed by atoms with Gasteiger partial charge in [-0.05, 0) is 48.5 Å². The molecule has 3 aromatic rings. The van der Waals surface area contributed by atoms with Crippen molar-refractivity contribution < 1.29 is 21.6 Å². The molecule has 0 saturated heterocycles. The molecule has 11 heteroatoms. The summed E-state index contributed by atoms with van der Waals surface area (Å²) in [5, 5.41) is 2.77. The highest BCUT2D eigenvalue weighted by atomic mass is 35.5.